The first kappa shape index (κ1) is 81.1. The SMILES string of the molecule is COc1ccc(C2=CN3C(=O)c4cc(OC)c(OCCCOc5cc6c(cc5OC)C(=O)N5CC7(CC7)C[C@H]5C(O)N6C(=O)OCc5ccc(CC(=O)[C@H](CCCNC(N)=O)NC(=O)[C@@H](CC(=O)CNC(=O)CCC(=O)CCC(=O)N6Cc7ccccc7-c7nnn(C(C)C)c7-c7ccccc76)C(C)C)cc5)cc4CC[C@@H]3C2)cc1. The second-order valence-corrected chi connectivity index (χ2v) is 31.1. The van der Waals surface area contributed by atoms with Crippen molar-refractivity contribution < 1.29 is 81.5 Å². The van der Waals surface area contributed by atoms with Gasteiger partial charge in [-0.15, -0.1) is 5.10 Å². The number of nitrogens with two attached hydrogens (primary N) is 1. The number of ether oxygens (including phenoxy) is 6. The summed E-state index contributed by atoms with van der Waals surface area (Å²) in [5, 5.41) is 29.3. The maximum absolute atomic E-state index is 14.6. The molecule has 5 atom stereocenters. The van der Waals surface area contributed by atoms with Crippen LogP contribution in [0.5, 0.6) is 28.7 Å². The maximum Gasteiger partial charge on any atom is 0.416 e. The van der Waals surface area contributed by atoms with E-state index in [2.05, 4.69) is 26.3 Å². The van der Waals surface area contributed by atoms with E-state index in [4.69, 9.17) is 34.2 Å². The Hall–Kier alpha value is -11.9. The fourth-order valence-electron chi connectivity index (χ4n) is 16.1. The smallest absolute Gasteiger partial charge is 0.416 e. The third-order valence-electron chi connectivity index (χ3n) is 22.6. The number of carbonyl (C=O) groups excluding carboxylic acids is 10. The third kappa shape index (κ3) is 18.3. The number of methoxy groups -OCH3 is 3. The number of benzene rings is 6. The standard InChI is InChI=1S/C87H99N11O17/c1-51(2)65(41-61(100)46-90-77(102)31-27-60(99)28-32-78(103)95-47-57-14-8-9-15-63(57)79-80(98(52(3)4)93-92-79)64-16-10-11-18-69(64)95)81(104)91-68(17-12-35-89-85(88)108)72(101)38-53-19-21-54(22-20-53)49-115-86(109)97-70-44-76(74(112-7)43-67(70)83(106)96-50-87(33-34-87)45-71(96)84(97)107)114-37-13-36-113-75-40-56-23-26-59-39-58(55-24-29-62(110-5)30-25-55)48-94(59)82(105)66(56)42-73(75)111-6/h8-11,14-16,18-22,24-25,29-30,40,42-44,48,51-52,59,65,68,71,84,107H,12-13,17,23,26-28,31-39,41,45-47,49-50H2,1-7H3,(H,90,102)(H,91,104)(H3,88,89,108)/t59-,65+,68+,71+,84?/m1/s1. The van der Waals surface area contributed by atoms with Crippen LogP contribution in [0.15, 0.2) is 128 Å². The molecule has 0 bridgehead atoms. The number of fused-ring (bicyclic) bond motifs is 9. The van der Waals surface area contributed by atoms with Crippen molar-refractivity contribution in [2.24, 2.45) is 23.0 Å². The highest BCUT2D eigenvalue weighted by atomic mass is 16.6. The van der Waals surface area contributed by atoms with Gasteiger partial charge in [0.25, 0.3) is 11.8 Å². The number of nitrogens with zero attached hydrogens (tertiary/aromatic N) is 7. The Kier molecular flexibility index (Phi) is 25.1. The van der Waals surface area contributed by atoms with Crippen molar-refractivity contribution in [2.45, 2.75) is 168 Å². The zero-order valence-electron chi connectivity index (χ0n) is 65.9. The van der Waals surface area contributed by atoms with E-state index >= 15 is 0 Å². The number of aliphatic hydroxyl groups is 1. The topological polar surface area (TPSA) is 352 Å². The molecule has 6 aliphatic rings. The first-order chi connectivity index (χ1) is 55.4. The van der Waals surface area contributed by atoms with Crippen LogP contribution in [0.3, 0.4) is 0 Å². The minimum absolute atomic E-state index is 0.00458. The molecule has 1 saturated carbocycles. The fraction of sp³-hybridized carbons (Fsp3) is 0.425. The highest BCUT2D eigenvalue weighted by molar-refractivity contribution is 6.07. The number of rotatable bonds is 33. The number of hydrogen-bond donors (Lipinski definition) is 5. The van der Waals surface area contributed by atoms with Crippen LogP contribution in [0, 0.1) is 17.3 Å². The van der Waals surface area contributed by atoms with Crippen molar-refractivity contribution >= 4 is 76.0 Å². The molecule has 13 rings (SSSR count). The predicted octanol–water partition coefficient (Wildman–Crippen LogP) is 10.8. The first-order valence-corrected chi connectivity index (χ1v) is 39.4. The summed E-state index contributed by atoms with van der Waals surface area (Å²) in [5.41, 5.74) is 14.6. The van der Waals surface area contributed by atoms with Crippen molar-refractivity contribution in [3.8, 4) is 51.3 Å². The molecule has 5 aliphatic heterocycles. The zero-order chi connectivity index (χ0) is 81.4. The summed E-state index contributed by atoms with van der Waals surface area (Å²) in [6.07, 6.45) is 3.50. The van der Waals surface area contributed by atoms with Gasteiger partial charge in [0.05, 0.1) is 82.3 Å². The Bertz CT molecular complexity index is 4900. The highest BCUT2D eigenvalue weighted by Gasteiger charge is 2.58. The Morgan fingerprint density at radius 3 is 2.08 bits per heavy atom. The van der Waals surface area contributed by atoms with Crippen LogP contribution in [-0.2, 0) is 59.5 Å². The quantitative estimate of drug-likeness (QED) is 0.0239. The Labute approximate surface area is 667 Å². The summed E-state index contributed by atoms with van der Waals surface area (Å²) in [5.74, 6) is -2.31. The molecule has 1 spiro atoms. The van der Waals surface area contributed by atoms with Gasteiger partial charge < -0.3 is 69.9 Å². The molecule has 7 aromatic rings. The van der Waals surface area contributed by atoms with Crippen LogP contribution in [0.2, 0.25) is 0 Å². The van der Waals surface area contributed by atoms with Crippen molar-refractivity contribution in [1.82, 2.24) is 40.7 Å². The van der Waals surface area contributed by atoms with Gasteiger partial charge in [0.2, 0.25) is 17.7 Å². The van der Waals surface area contributed by atoms with Crippen LogP contribution in [0.25, 0.3) is 28.1 Å². The monoisotopic (exact) mass is 1570 g/mol. The molecule has 6 heterocycles. The number of aliphatic hydroxyl groups excluding tert-OH is 1. The van der Waals surface area contributed by atoms with E-state index in [9.17, 15) is 53.1 Å². The van der Waals surface area contributed by atoms with Crippen LogP contribution >= 0.6 is 0 Å². The second-order valence-electron chi connectivity index (χ2n) is 31.1. The molecule has 115 heavy (non-hydrogen) atoms. The Balaban J connectivity index is 0.597. The van der Waals surface area contributed by atoms with Crippen LogP contribution in [0.4, 0.5) is 21.0 Å². The Morgan fingerprint density at radius 1 is 0.696 bits per heavy atom. The third-order valence-corrected chi connectivity index (χ3v) is 22.6. The molecule has 0 radical (unpaired) electrons. The van der Waals surface area contributed by atoms with Crippen LogP contribution in [0.1, 0.15) is 166 Å². The molecular formula is C87H99N11O17. The number of amides is 8. The number of para-hydroxylation sites is 1. The number of ketones is 3. The first-order valence-electron chi connectivity index (χ1n) is 39.4. The molecule has 604 valence electrons. The van der Waals surface area contributed by atoms with Gasteiger partial charge in [0, 0.05) is 105 Å². The molecule has 8 amide bonds. The van der Waals surface area contributed by atoms with E-state index in [0.29, 0.717) is 65.4 Å². The van der Waals surface area contributed by atoms with Crippen LogP contribution in [-0.4, -0.2) is 167 Å². The number of anilines is 2. The molecule has 28 heteroatoms. The van der Waals surface area contributed by atoms with Crippen LogP contribution < -0.4 is 55.2 Å². The van der Waals surface area contributed by atoms with Crippen molar-refractivity contribution in [3.63, 3.8) is 0 Å². The average Bonchev–Trinajstić information content (AvgIpc) is 1.57. The summed E-state index contributed by atoms with van der Waals surface area (Å²) in [4.78, 5) is 144. The molecule has 28 nitrogen and oxygen atoms in total. The maximum atomic E-state index is 14.6. The van der Waals surface area contributed by atoms with Crippen molar-refractivity contribution in [1.29, 1.82) is 0 Å². The molecular weight excluding hydrogens is 1470 g/mol. The number of Topliss-reactive ketones (excluding diaryl/α,β-unsaturated/α-hetero) is 3. The zero-order valence-corrected chi connectivity index (χ0v) is 65.9. The van der Waals surface area contributed by atoms with Gasteiger partial charge in [0.15, 0.2) is 40.8 Å². The summed E-state index contributed by atoms with van der Waals surface area (Å²) < 4.78 is 37.3. The molecule has 1 unspecified atom stereocenters. The summed E-state index contributed by atoms with van der Waals surface area (Å²) >= 11 is 0. The number of urea groups is 1. The van der Waals surface area contributed by atoms with Crippen molar-refractivity contribution in [3.05, 3.63) is 166 Å². The highest BCUT2D eigenvalue weighted by Crippen LogP contribution is 2.57. The van der Waals surface area contributed by atoms with E-state index < -0.39 is 66.4 Å². The summed E-state index contributed by atoms with van der Waals surface area (Å²) in [7, 11) is 4.59. The number of carbonyl (C=O) groups is 10. The average molecular weight is 1570 g/mol. The lowest BCUT2D eigenvalue weighted by Gasteiger charge is -2.31. The van der Waals surface area contributed by atoms with Gasteiger partial charge in [0.1, 0.15) is 23.8 Å². The van der Waals surface area contributed by atoms with E-state index in [0.717, 1.165) is 75.4 Å². The number of nitrogens with one attached hydrogen (secondary N) is 3. The minimum Gasteiger partial charge on any atom is -0.497 e. The van der Waals surface area contributed by atoms with Gasteiger partial charge in [-0.1, -0.05) is 97.9 Å². The molecule has 1 aromatic heterocycles. The normalized spacial score (nSPS) is 17.3. The van der Waals surface area contributed by atoms with Gasteiger partial charge in [-0.25, -0.2) is 19.2 Å². The fourth-order valence-corrected chi connectivity index (χ4v) is 16.1. The minimum atomic E-state index is -1.51. The van der Waals surface area contributed by atoms with Gasteiger partial charge in [-0.3, -0.25) is 38.4 Å². The largest absolute Gasteiger partial charge is 0.497 e. The molecule has 1 saturated heterocycles. The number of primary amides is 1. The lowest BCUT2D eigenvalue weighted by atomic mass is 9.89. The predicted molar refractivity (Wildman–Crippen MR) is 426 cm³/mol. The lowest BCUT2D eigenvalue weighted by Crippen LogP contribution is -2.50. The Morgan fingerprint density at radius 2 is 1.38 bits per heavy atom. The number of aromatic nitrogens is 3. The van der Waals surface area contributed by atoms with E-state index in [1.165, 1.54) is 26.4 Å². The van der Waals surface area contributed by atoms with E-state index in [1.54, 1.807) is 61.1 Å². The van der Waals surface area contributed by atoms with Gasteiger partial charge >= 0.3 is 12.1 Å². The summed E-state index contributed by atoms with van der Waals surface area (Å²) in [6.45, 7) is 7.86. The lowest BCUT2D eigenvalue weighted by molar-refractivity contribution is -0.133. The van der Waals surface area contributed by atoms with Crippen molar-refractivity contribution in [2.75, 3.05) is 64.0 Å². The number of hydrogen-bond acceptors (Lipinski definition) is 19. The van der Waals surface area contributed by atoms with Gasteiger partial charge in [-0.2, -0.15) is 0 Å². The number of aryl methyl sites for hydroxylation is 1. The molecule has 6 aromatic carbocycles. The molecule has 2 fully saturated rings. The van der Waals surface area contributed by atoms with Gasteiger partial charge in [-0.05, 0) is 146 Å². The van der Waals surface area contributed by atoms with E-state index in [1.807, 2.05) is 108 Å². The summed E-state index contributed by atoms with van der Waals surface area (Å²) in [6, 6.07) is 33.8. The van der Waals surface area contributed by atoms with E-state index in [-0.39, 0.29) is 154 Å². The molecule has 6 N–H and O–H groups in total. The second kappa shape index (κ2) is 35.6. The molecule has 1 aliphatic carbocycles.